The number of benzene rings is 3. The van der Waals surface area contributed by atoms with E-state index in [9.17, 15) is 9.59 Å². The number of amides is 2. The number of fused-ring (bicyclic) bond motifs is 3. The van der Waals surface area contributed by atoms with Crippen LogP contribution in [0, 0.1) is 0 Å². The van der Waals surface area contributed by atoms with Gasteiger partial charge >= 0.3 is 0 Å². The summed E-state index contributed by atoms with van der Waals surface area (Å²) < 4.78 is 2.12. The first kappa shape index (κ1) is 22.9. The van der Waals surface area contributed by atoms with Crippen LogP contribution in [0.4, 0.5) is 5.69 Å². The van der Waals surface area contributed by atoms with Crippen molar-refractivity contribution < 1.29 is 9.59 Å². The molecule has 0 spiro atoms. The molecular weight excluding hydrogens is 493 g/mol. The Hall–Kier alpha value is -3.54. The summed E-state index contributed by atoms with van der Waals surface area (Å²) in [5.41, 5.74) is 4.14. The van der Waals surface area contributed by atoms with Gasteiger partial charge in [0.2, 0.25) is 5.91 Å². The summed E-state index contributed by atoms with van der Waals surface area (Å²) in [6, 6.07) is 26.1. The lowest BCUT2D eigenvalue weighted by atomic mass is 9.97. The van der Waals surface area contributed by atoms with Crippen molar-refractivity contribution in [2.75, 3.05) is 11.4 Å². The molecule has 2 aliphatic rings. The molecule has 180 valence electrons. The maximum atomic E-state index is 14.2. The Balaban J connectivity index is 1.41. The van der Waals surface area contributed by atoms with Crippen molar-refractivity contribution in [3.63, 3.8) is 0 Å². The van der Waals surface area contributed by atoms with E-state index in [1.54, 1.807) is 29.2 Å². The topological polar surface area (TPSA) is 45.6 Å². The lowest BCUT2D eigenvalue weighted by molar-refractivity contribution is -0.119. The highest BCUT2D eigenvalue weighted by Gasteiger charge is 2.40. The van der Waals surface area contributed by atoms with Gasteiger partial charge in [0.05, 0.1) is 17.1 Å². The molecule has 4 aromatic rings. The fourth-order valence-electron chi connectivity index (χ4n) is 4.98. The molecule has 0 N–H and O–H groups in total. The Kier molecular flexibility index (Phi) is 5.82. The molecule has 1 saturated carbocycles. The smallest absolute Gasteiger partial charge is 0.254 e. The van der Waals surface area contributed by atoms with Gasteiger partial charge in [-0.3, -0.25) is 14.5 Å². The highest BCUT2D eigenvalue weighted by atomic mass is 35.5. The second kappa shape index (κ2) is 9.16. The van der Waals surface area contributed by atoms with Crippen LogP contribution in [-0.2, 0) is 4.79 Å². The summed E-state index contributed by atoms with van der Waals surface area (Å²) >= 11 is 12.3. The van der Waals surface area contributed by atoms with E-state index in [4.69, 9.17) is 23.2 Å². The number of nitrogens with zero attached hydrogens (tertiary/aromatic N) is 3. The molecule has 1 atom stereocenters. The third-order valence-electron chi connectivity index (χ3n) is 6.80. The normalized spacial score (nSPS) is 16.3. The minimum Gasteiger partial charge on any atom is -0.326 e. The van der Waals surface area contributed by atoms with Gasteiger partial charge in [-0.05, 0) is 73.0 Å². The van der Waals surface area contributed by atoms with Crippen LogP contribution in [0.15, 0.2) is 91.1 Å². The summed E-state index contributed by atoms with van der Waals surface area (Å²) in [4.78, 5) is 31.2. The van der Waals surface area contributed by atoms with E-state index in [-0.39, 0.29) is 30.4 Å². The van der Waals surface area contributed by atoms with Crippen LogP contribution in [0.25, 0.3) is 5.69 Å². The molecule has 1 fully saturated rings. The molecule has 2 heterocycles. The van der Waals surface area contributed by atoms with E-state index in [1.165, 1.54) is 0 Å². The molecule has 5 nitrogen and oxygen atoms in total. The maximum Gasteiger partial charge on any atom is 0.254 e. The molecule has 1 aliphatic carbocycles. The summed E-state index contributed by atoms with van der Waals surface area (Å²) in [6.45, 7) is -0.0187. The Labute approximate surface area is 219 Å². The first-order chi connectivity index (χ1) is 17.5. The summed E-state index contributed by atoms with van der Waals surface area (Å²) in [6.07, 6.45) is 3.79. The number of carbonyl (C=O) groups is 2. The zero-order valence-electron chi connectivity index (χ0n) is 19.4. The van der Waals surface area contributed by atoms with Gasteiger partial charge in [0.25, 0.3) is 5.91 Å². The zero-order chi connectivity index (χ0) is 24.8. The van der Waals surface area contributed by atoms with Gasteiger partial charge in [-0.2, -0.15) is 0 Å². The highest BCUT2D eigenvalue weighted by Crippen LogP contribution is 2.42. The third-order valence-corrected chi connectivity index (χ3v) is 7.29. The predicted molar refractivity (Wildman–Crippen MR) is 142 cm³/mol. The molecule has 7 heteroatoms. The molecule has 1 aromatic heterocycles. The van der Waals surface area contributed by atoms with Gasteiger partial charge in [-0.1, -0.05) is 53.5 Å². The van der Waals surface area contributed by atoms with Crippen molar-refractivity contribution in [1.82, 2.24) is 9.47 Å². The summed E-state index contributed by atoms with van der Waals surface area (Å²) in [7, 11) is 0. The minimum absolute atomic E-state index is 0.0187. The standard InChI is InChI=1S/C29H23Cl2N3O2/c30-21-12-10-19(11-13-21)28-26-9-4-16-32(26)24-7-1-2-8-25(24)34(28)27(35)18-33(23-14-15-23)29(36)20-5-3-6-22(31)17-20/h1-13,16-17,23,28H,14-15,18H2. The highest BCUT2D eigenvalue weighted by molar-refractivity contribution is 6.31. The number of aromatic nitrogens is 1. The summed E-state index contributed by atoms with van der Waals surface area (Å²) in [5, 5.41) is 1.13. The molecule has 3 aromatic carbocycles. The number of para-hydroxylation sites is 2. The van der Waals surface area contributed by atoms with Gasteiger partial charge in [-0.15, -0.1) is 0 Å². The van der Waals surface area contributed by atoms with E-state index in [0.29, 0.717) is 15.6 Å². The molecule has 2 amide bonds. The summed E-state index contributed by atoms with van der Waals surface area (Å²) in [5.74, 6) is -0.317. The average molecular weight is 516 g/mol. The number of halogens is 2. The van der Waals surface area contributed by atoms with Gasteiger partial charge in [0.1, 0.15) is 12.6 Å². The SMILES string of the molecule is O=C(c1cccc(Cl)c1)N(CC(=O)N1c2ccccc2-n2cccc2C1c1ccc(Cl)cc1)C1CC1. The van der Waals surface area contributed by atoms with Crippen LogP contribution in [0.3, 0.4) is 0 Å². The Bertz CT molecular complexity index is 1460. The Morgan fingerprint density at radius 3 is 2.31 bits per heavy atom. The predicted octanol–water partition coefficient (Wildman–Crippen LogP) is 6.52. The van der Waals surface area contributed by atoms with Gasteiger partial charge in [0, 0.05) is 27.8 Å². The maximum absolute atomic E-state index is 14.2. The Morgan fingerprint density at radius 2 is 1.58 bits per heavy atom. The lowest BCUT2D eigenvalue weighted by Gasteiger charge is -2.39. The number of anilines is 1. The van der Waals surface area contributed by atoms with Crippen LogP contribution in [0.2, 0.25) is 10.0 Å². The van der Waals surface area contributed by atoms with Crippen LogP contribution in [0.1, 0.15) is 40.5 Å². The van der Waals surface area contributed by atoms with Gasteiger partial charge in [-0.25, -0.2) is 0 Å². The van der Waals surface area contributed by atoms with Crippen molar-refractivity contribution in [3.05, 3.63) is 118 Å². The third kappa shape index (κ3) is 4.08. The number of carbonyl (C=O) groups excluding carboxylic acids is 2. The second-order valence-electron chi connectivity index (χ2n) is 9.18. The first-order valence-corrected chi connectivity index (χ1v) is 12.7. The average Bonchev–Trinajstić information content (AvgIpc) is 3.61. The van der Waals surface area contributed by atoms with E-state index in [1.807, 2.05) is 71.8 Å². The van der Waals surface area contributed by atoms with E-state index in [0.717, 1.165) is 35.5 Å². The zero-order valence-corrected chi connectivity index (χ0v) is 20.9. The number of hydrogen-bond donors (Lipinski definition) is 0. The fourth-order valence-corrected chi connectivity index (χ4v) is 5.30. The van der Waals surface area contributed by atoms with Gasteiger partial charge in [0.15, 0.2) is 0 Å². The van der Waals surface area contributed by atoms with Crippen molar-refractivity contribution in [3.8, 4) is 5.69 Å². The second-order valence-corrected chi connectivity index (χ2v) is 10.1. The van der Waals surface area contributed by atoms with Gasteiger partial charge < -0.3 is 9.47 Å². The quantitative estimate of drug-likeness (QED) is 0.303. The van der Waals surface area contributed by atoms with Crippen LogP contribution in [0.5, 0.6) is 0 Å². The number of hydrogen-bond acceptors (Lipinski definition) is 2. The van der Waals surface area contributed by atoms with E-state index >= 15 is 0 Å². The molecule has 0 saturated heterocycles. The Morgan fingerprint density at radius 1 is 0.833 bits per heavy atom. The van der Waals surface area contributed by atoms with Crippen LogP contribution < -0.4 is 4.90 Å². The van der Waals surface area contributed by atoms with Crippen molar-refractivity contribution in [1.29, 1.82) is 0 Å². The molecule has 0 bridgehead atoms. The molecule has 36 heavy (non-hydrogen) atoms. The minimum atomic E-state index is -0.359. The largest absolute Gasteiger partial charge is 0.326 e. The molecule has 0 radical (unpaired) electrons. The first-order valence-electron chi connectivity index (χ1n) is 11.9. The molecule has 1 unspecified atom stereocenters. The van der Waals surface area contributed by atoms with Crippen molar-refractivity contribution >= 4 is 40.7 Å². The lowest BCUT2D eigenvalue weighted by Crippen LogP contribution is -2.47. The molecule has 6 rings (SSSR count). The van der Waals surface area contributed by atoms with Crippen molar-refractivity contribution in [2.45, 2.75) is 24.9 Å². The molecular formula is C29H23Cl2N3O2. The number of rotatable bonds is 5. The van der Waals surface area contributed by atoms with E-state index < -0.39 is 0 Å². The van der Waals surface area contributed by atoms with Crippen LogP contribution >= 0.6 is 23.2 Å². The molecule has 1 aliphatic heterocycles. The fraction of sp³-hybridized carbons (Fsp3) is 0.172. The monoisotopic (exact) mass is 515 g/mol. The van der Waals surface area contributed by atoms with Crippen molar-refractivity contribution in [2.24, 2.45) is 0 Å². The van der Waals surface area contributed by atoms with E-state index in [2.05, 4.69) is 4.57 Å². The van der Waals surface area contributed by atoms with Crippen LogP contribution in [-0.4, -0.2) is 33.9 Å².